The predicted molar refractivity (Wildman–Crippen MR) is 187 cm³/mol. The Kier molecular flexibility index (Phi) is 8.37. The van der Waals surface area contributed by atoms with E-state index in [1.807, 2.05) is 20.8 Å². The van der Waals surface area contributed by atoms with Crippen molar-refractivity contribution in [2.75, 3.05) is 6.61 Å². The molecular formula is C41H58FNO5. The molecule has 6 rings (SSSR count). The number of nitrogens with one attached hydrogen (secondary N) is 1. The van der Waals surface area contributed by atoms with E-state index in [0.717, 1.165) is 74.5 Å². The van der Waals surface area contributed by atoms with Crippen molar-refractivity contribution < 1.29 is 28.9 Å². The first-order chi connectivity index (χ1) is 22.2. The van der Waals surface area contributed by atoms with Gasteiger partial charge in [-0.2, -0.15) is 0 Å². The van der Waals surface area contributed by atoms with Crippen LogP contribution in [0.1, 0.15) is 129 Å². The van der Waals surface area contributed by atoms with Gasteiger partial charge < -0.3 is 20.3 Å². The Labute approximate surface area is 287 Å². The van der Waals surface area contributed by atoms with Crippen molar-refractivity contribution in [3.8, 4) is 0 Å². The Morgan fingerprint density at radius 3 is 2.31 bits per heavy atom. The first kappa shape index (κ1) is 35.2. The van der Waals surface area contributed by atoms with Crippen molar-refractivity contribution in [3.63, 3.8) is 0 Å². The molecule has 9 atom stereocenters. The third-order valence-electron chi connectivity index (χ3n) is 15.0. The number of fused-ring (bicyclic) bond motifs is 7. The van der Waals surface area contributed by atoms with Crippen LogP contribution in [0.25, 0.3) is 5.57 Å². The summed E-state index contributed by atoms with van der Waals surface area (Å²) >= 11 is 0. The van der Waals surface area contributed by atoms with E-state index in [4.69, 9.17) is 4.74 Å². The van der Waals surface area contributed by atoms with E-state index in [-0.39, 0.29) is 57.3 Å². The van der Waals surface area contributed by atoms with Gasteiger partial charge >= 0.3 is 12.1 Å². The van der Waals surface area contributed by atoms with Crippen molar-refractivity contribution in [1.29, 1.82) is 0 Å². The highest BCUT2D eigenvalue weighted by atomic mass is 19.1. The Morgan fingerprint density at radius 2 is 1.69 bits per heavy atom. The number of carbonyl (C=O) groups is 2. The van der Waals surface area contributed by atoms with E-state index in [2.05, 4.69) is 52.6 Å². The number of ether oxygens (including phenoxy) is 1. The number of carboxylic acid groups (broad SMARTS) is 1. The average molecular weight is 664 g/mol. The molecule has 48 heavy (non-hydrogen) atoms. The minimum atomic E-state index is -1.25. The van der Waals surface area contributed by atoms with E-state index >= 15 is 0 Å². The van der Waals surface area contributed by atoms with Gasteiger partial charge in [0.25, 0.3) is 0 Å². The molecule has 0 radical (unpaired) electrons. The first-order valence-corrected chi connectivity index (χ1v) is 18.3. The zero-order chi connectivity index (χ0) is 35.2. The fraction of sp³-hybridized carbons (Fsp3) is 0.707. The standard InChI is InChI=1S/C41H58FNO5/c1-24(23-44)26-14-19-41(43-35(47)48-36(2,3)4)21-20-39(8)29(33(26)41)12-13-32-38(7)17-15-28(25-10-11-27(34(45)46)30(42)22-25)37(5,6)31(38)16-18-40(32,39)9/h10-11,15,22,26,29,31-33,44H,1,12-14,16-21,23H2,2-9H3,(H,43,47)(H,45,46)/t26-,29+,31?,32?,33?,38-,39+,40+,41-/m0/s1. The van der Waals surface area contributed by atoms with Gasteiger partial charge in [0.1, 0.15) is 11.4 Å². The smallest absolute Gasteiger partial charge is 0.408 e. The molecule has 4 fully saturated rings. The van der Waals surface area contributed by atoms with Gasteiger partial charge in [-0.15, -0.1) is 0 Å². The highest BCUT2D eigenvalue weighted by Gasteiger charge is 2.70. The van der Waals surface area contributed by atoms with Crippen molar-refractivity contribution in [3.05, 3.63) is 53.4 Å². The lowest BCUT2D eigenvalue weighted by molar-refractivity contribution is -0.219. The number of carbonyl (C=O) groups excluding carboxylic acids is 1. The molecule has 5 aliphatic rings. The molecule has 1 aromatic carbocycles. The molecule has 0 bridgehead atoms. The lowest BCUT2D eigenvalue weighted by Crippen LogP contribution is -2.68. The van der Waals surface area contributed by atoms with E-state index in [1.54, 1.807) is 6.07 Å². The molecule has 7 heteroatoms. The maximum Gasteiger partial charge on any atom is 0.408 e. The van der Waals surface area contributed by atoms with Crippen LogP contribution >= 0.6 is 0 Å². The van der Waals surface area contributed by atoms with E-state index in [1.165, 1.54) is 12.1 Å². The van der Waals surface area contributed by atoms with Crippen LogP contribution in [0.15, 0.2) is 36.4 Å². The van der Waals surface area contributed by atoms with Crippen molar-refractivity contribution >= 4 is 17.6 Å². The van der Waals surface area contributed by atoms with Crippen LogP contribution in [-0.4, -0.2) is 40.0 Å². The number of alkyl carbamates (subject to hydrolysis) is 1. The number of allylic oxidation sites excluding steroid dienone is 2. The monoisotopic (exact) mass is 663 g/mol. The summed E-state index contributed by atoms with van der Waals surface area (Å²) in [5.74, 6) is -0.286. The van der Waals surface area contributed by atoms with Gasteiger partial charge in [-0.05, 0) is 159 Å². The van der Waals surface area contributed by atoms with Gasteiger partial charge in [0.2, 0.25) is 0 Å². The van der Waals surface area contributed by atoms with E-state index in [9.17, 15) is 24.2 Å². The van der Waals surface area contributed by atoms with Crippen LogP contribution in [0.4, 0.5) is 9.18 Å². The predicted octanol–water partition coefficient (Wildman–Crippen LogP) is 9.42. The molecule has 1 aromatic rings. The average Bonchev–Trinajstić information content (AvgIpc) is 3.34. The van der Waals surface area contributed by atoms with Crippen LogP contribution < -0.4 is 5.32 Å². The first-order valence-electron chi connectivity index (χ1n) is 18.3. The summed E-state index contributed by atoms with van der Waals surface area (Å²) < 4.78 is 20.7. The molecule has 0 saturated heterocycles. The highest BCUT2D eigenvalue weighted by Crippen LogP contribution is 2.76. The van der Waals surface area contributed by atoms with Gasteiger partial charge in [0.05, 0.1) is 12.2 Å². The zero-order valence-electron chi connectivity index (χ0n) is 30.5. The van der Waals surface area contributed by atoms with Crippen molar-refractivity contribution in [2.45, 2.75) is 124 Å². The SMILES string of the molecule is C=C(CO)[C@@H]1CC[C@]2(NC(=O)OC(C)(C)C)CC[C@]3(C)[C@H](CCC4[C@@]5(C)CC=C(c6ccc(C(=O)O)c(F)c6)C(C)(C)C5CC[C@]43C)C12. The van der Waals surface area contributed by atoms with Crippen LogP contribution in [-0.2, 0) is 4.74 Å². The van der Waals surface area contributed by atoms with E-state index < -0.39 is 17.4 Å². The highest BCUT2D eigenvalue weighted by molar-refractivity contribution is 5.88. The fourth-order valence-electron chi connectivity index (χ4n) is 12.8. The Morgan fingerprint density at radius 1 is 0.979 bits per heavy atom. The number of carboxylic acids is 1. The number of rotatable bonds is 5. The van der Waals surface area contributed by atoms with Gasteiger partial charge in [-0.3, -0.25) is 0 Å². The molecule has 264 valence electrons. The Bertz CT molecular complexity index is 1540. The van der Waals surface area contributed by atoms with Crippen molar-refractivity contribution in [2.24, 2.45) is 51.2 Å². The largest absolute Gasteiger partial charge is 0.478 e. The van der Waals surface area contributed by atoms with Gasteiger partial charge in [0.15, 0.2) is 0 Å². The summed E-state index contributed by atoms with van der Waals surface area (Å²) in [5.41, 5.74) is 1.54. The second-order valence-corrected chi connectivity index (χ2v) is 18.5. The summed E-state index contributed by atoms with van der Waals surface area (Å²) in [7, 11) is 0. The minimum absolute atomic E-state index is 0.0283. The Hall–Kier alpha value is -2.67. The van der Waals surface area contributed by atoms with Gasteiger partial charge in [0, 0.05) is 5.54 Å². The summed E-state index contributed by atoms with van der Waals surface area (Å²) in [5, 5.41) is 23.1. The lowest BCUT2D eigenvalue weighted by atomic mass is 9.33. The number of amides is 1. The maximum atomic E-state index is 14.9. The van der Waals surface area contributed by atoms with E-state index in [0.29, 0.717) is 17.8 Å². The molecule has 0 aliphatic heterocycles. The third kappa shape index (κ3) is 5.10. The maximum absolute atomic E-state index is 14.9. The topological polar surface area (TPSA) is 95.9 Å². The van der Waals surface area contributed by atoms with Gasteiger partial charge in [-0.1, -0.05) is 53.3 Å². The zero-order valence-corrected chi connectivity index (χ0v) is 30.5. The Balaban J connectivity index is 1.35. The van der Waals surface area contributed by atoms with Crippen LogP contribution in [0.5, 0.6) is 0 Å². The number of hydrogen-bond donors (Lipinski definition) is 3. The molecule has 3 N–H and O–H groups in total. The third-order valence-corrected chi connectivity index (χ3v) is 15.0. The molecule has 6 nitrogen and oxygen atoms in total. The number of aromatic carboxylic acids is 1. The minimum Gasteiger partial charge on any atom is -0.478 e. The second-order valence-electron chi connectivity index (χ2n) is 18.5. The normalized spacial score (nSPS) is 40.0. The molecular weight excluding hydrogens is 605 g/mol. The number of halogens is 1. The summed E-state index contributed by atoms with van der Waals surface area (Å²) in [6, 6.07) is 4.59. The van der Waals surface area contributed by atoms with Crippen LogP contribution in [0.2, 0.25) is 0 Å². The molecule has 0 aromatic heterocycles. The molecule has 0 heterocycles. The molecule has 3 unspecified atom stereocenters. The summed E-state index contributed by atoms with van der Waals surface area (Å²) in [4.78, 5) is 24.8. The molecule has 5 aliphatic carbocycles. The molecule has 4 saturated carbocycles. The van der Waals surface area contributed by atoms with Crippen molar-refractivity contribution in [1.82, 2.24) is 5.32 Å². The summed E-state index contributed by atoms with van der Waals surface area (Å²) in [6.45, 7) is 22.3. The lowest BCUT2D eigenvalue weighted by Gasteiger charge is -2.72. The number of hydrogen-bond acceptors (Lipinski definition) is 4. The fourth-order valence-corrected chi connectivity index (χ4v) is 12.8. The molecule has 1 amide bonds. The van der Waals surface area contributed by atoms with Crippen LogP contribution in [0, 0.1) is 57.1 Å². The van der Waals surface area contributed by atoms with Gasteiger partial charge in [-0.25, -0.2) is 14.0 Å². The second kappa shape index (κ2) is 11.4. The van der Waals surface area contributed by atoms with Crippen LogP contribution in [0.3, 0.4) is 0 Å². The summed E-state index contributed by atoms with van der Waals surface area (Å²) in [6.07, 6.45) is 11.0. The number of aliphatic hydroxyl groups is 1. The molecule has 0 spiro atoms. The number of benzene rings is 1. The quantitative estimate of drug-likeness (QED) is 0.273. The number of aliphatic hydroxyl groups excluding tert-OH is 1.